The summed E-state index contributed by atoms with van der Waals surface area (Å²) in [6.45, 7) is 3.17. The molecular formula is C24H21N5O3. The SMILES string of the molecule is Cc1nc2ccc(C(=O)OCC(=O)C(C#N)=C3N(C)c4ccccc4N3C)cc2nc1C. The maximum Gasteiger partial charge on any atom is 0.338 e. The second-order valence-corrected chi connectivity index (χ2v) is 7.51. The van der Waals surface area contributed by atoms with Crippen LogP contribution in [0.15, 0.2) is 53.9 Å². The number of hydrogen-bond donors (Lipinski definition) is 0. The fraction of sp³-hybridized carbons (Fsp3) is 0.208. The molecule has 1 aliphatic heterocycles. The van der Waals surface area contributed by atoms with Gasteiger partial charge in [-0.15, -0.1) is 0 Å². The van der Waals surface area contributed by atoms with Crippen LogP contribution in [0.1, 0.15) is 21.7 Å². The van der Waals surface area contributed by atoms with Crippen LogP contribution >= 0.6 is 0 Å². The number of aryl methyl sites for hydroxylation is 2. The number of nitrogens with zero attached hydrogens (tertiary/aromatic N) is 5. The van der Waals surface area contributed by atoms with Gasteiger partial charge < -0.3 is 14.5 Å². The molecule has 0 amide bonds. The van der Waals surface area contributed by atoms with Crippen molar-refractivity contribution in [3.05, 3.63) is 70.8 Å². The van der Waals surface area contributed by atoms with Crippen LogP contribution in [-0.4, -0.2) is 42.4 Å². The van der Waals surface area contributed by atoms with Gasteiger partial charge in [0, 0.05) is 14.1 Å². The van der Waals surface area contributed by atoms with Crippen molar-refractivity contribution >= 4 is 34.2 Å². The summed E-state index contributed by atoms with van der Waals surface area (Å²) in [5.74, 6) is -0.796. The highest BCUT2D eigenvalue weighted by atomic mass is 16.5. The Kier molecular flexibility index (Phi) is 5.33. The highest BCUT2D eigenvalue weighted by Gasteiger charge is 2.31. The van der Waals surface area contributed by atoms with E-state index in [1.807, 2.05) is 44.2 Å². The van der Waals surface area contributed by atoms with Gasteiger partial charge in [-0.3, -0.25) is 4.79 Å². The maximum absolute atomic E-state index is 12.8. The summed E-state index contributed by atoms with van der Waals surface area (Å²) in [5.41, 5.74) is 4.78. The molecule has 8 nitrogen and oxygen atoms in total. The van der Waals surface area contributed by atoms with Crippen molar-refractivity contribution in [3.8, 4) is 6.07 Å². The maximum atomic E-state index is 12.8. The van der Waals surface area contributed by atoms with Gasteiger partial charge >= 0.3 is 5.97 Å². The summed E-state index contributed by atoms with van der Waals surface area (Å²) >= 11 is 0. The van der Waals surface area contributed by atoms with Gasteiger partial charge in [-0.05, 0) is 44.2 Å². The van der Waals surface area contributed by atoms with Crippen LogP contribution in [0.3, 0.4) is 0 Å². The number of nitriles is 1. The van der Waals surface area contributed by atoms with Gasteiger partial charge in [0.05, 0.1) is 39.4 Å². The molecule has 0 aliphatic carbocycles. The minimum atomic E-state index is -0.668. The highest BCUT2D eigenvalue weighted by Crippen LogP contribution is 2.40. The van der Waals surface area contributed by atoms with Gasteiger partial charge in [-0.2, -0.15) is 5.26 Å². The predicted molar refractivity (Wildman–Crippen MR) is 120 cm³/mol. The number of esters is 1. The van der Waals surface area contributed by atoms with E-state index in [4.69, 9.17) is 4.74 Å². The standard InChI is InChI=1S/C24H21N5O3/c1-14-15(2)27-19-11-16(9-10-18(19)26-14)24(31)32-13-22(30)17(12-25)23-28(3)20-7-5-6-8-21(20)29(23)4/h5-11H,13H2,1-4H3. The first-order chi connectivity index (χ1) is 15.3. The summed E-state index contributed by atoms with van der Waals surface area (Å²) in [6, 6.07) is 14.4. The Labute approximate surface area is 185 Å². The molecular weight excluding hydrogens is 406 g/mol. The summed E-state index contributed by atoms with van der Waals surface area (Å²) in [5, 5.41) is 9.68. The van der Waals surface area contributed by atoms with Crippen LogP contribution in [0.5, 0.6) is 0 Å². The fourth-order valence-corrected chi connectivity index (χ4v) is 3.70. The average Bonchev–Trinajstić information content (AvgIpc) is 3.04. The summed E-state index contributed by atoms with van der Waals surface area (Å²) in [4.78, 5) is 37.8. The molecule has 0 bridgehead atoms. The Morgan fingerprint density at radius 1 is 0.969 bits per heavy atom. The Morgan fingerprint density at radius 2 is 1.56 bits per heavy atom. The number of ether oxygens (including phenoxy) is 1. The van der Waals surface area contributed by atoms with E-state index >= 15 is 0 Å². The number of Topliss-reactive ketones (excluding diaryl/α,β-unsaturated/α-hetero) is 1. The van der Waals surface area contributed by atoms with E-state index in [9.17, 15) is 14.9 Å². The molecule has 32 heavy (non-hydrogen) atoms. The monoisotopic (exact) mass is 427 g/mol. The molecule has 2 heterocycles. The Morgan fingerprint density at radius 3 is 2.16 bits per heavy atom. The first-order valence-electron chi connectivity index (χ1n) is 9.98. The number of hydrogen-bond acceptors (Lipinski definition) is 8. The third-order valence-corrected chi connectivity index (χ3v) is 5.50. The lowest BCUT2D eigenvalue weighted by Crippen LogP contribution is -2.27. The van der Waals surface area contributed by atoms with Crippen molar-refractivity contribution in [3.63, 3.8) is 0 Å². The second kappa shape index (κ2) is 8.12. The topological polar surface area (TPSA) is 99.4 Å². The minimum absolute atomic E-state index is 0.0746. The van der Waals surface area contributed by atoms with Crippen molar-refractivity contribution in [1.82, 2.24) is 9.97 Å². The Balaban J connectivity index is 1.54. The lowest BCUT2D eigenvalue weighted by atomic mass is 10.1. The van der Waals surface area contributed by atoms with E-state index < -0.39 is 18.4 Å². The first-order valence-corrected chi connectivity index (χ1v) is 9.98. The van der Waals surface area contributed by atoms with E-state index in [0.29, 0.717) is 16.9 Å². The molecule has 0 unspecified atom stereocenters. The number of carbonyl (C=O) groups excluding carboxylic acids is 2. The van der Waals surface area contributed by atoms with Crippen molar-refractivity contribution in [2.24, 2.45) is 0 Å². The number of anilines is 2. The van der Waals surface area contributed by atoms with Crippen molar-refractivity contribution < 1.29 is 14.3 Å². The Bertz CT molecular complexity index is 1310. The molecule has 1 aromatic heterocycles. The lowest BCUT2D eigenvalue weighted by Gasteiger charge is -2.19. The quantitative estimate of drug-likeness (QED) is 0.355. The molecule has 0 fully saturated rings. The summed E-state index contributed by atoms with van der Waals surface area (Å²) < 4.78 is 5.22. The molecule has 2 aromatic carbocycles. The third-order valence-electron chi connectivity index (χ3n) is 5.50. The second-order valence-electron chi connectivity index (χ2n) is 7.51. The van der Waals surface area contributed by atoms with E-state index in [2.05, 4.69) is 9.97 Å². The molecule has 0 spiro atoms. The lowest BCUT2D eigenvalue weighted by molar-refractivity contribution is -0.118. The number of rotatable bonds is 4. The number of carbonyl (C=O) groups is 2. The van der Waals surface area contributed by atoms with Gasteiger partial charge in [0.1, 0.15) is 17.5 Å². The van der Waals surface area contributed by atoms with Crippen LogP contribution in [0, 0.1) is 25.2 Å². The molecule has 4 rings (SSSR count). The zero-order valence-electron chi connectivity index (χ0n) is 18.2. The third kappa shape index (κ3) is 3.54. The fourth-order valence-electron chi connectivity index (χ4n) is 3.70. The number of fused-ring (bicyclic) bond motifs is 2. The van der Waals surface area contributed by atoms with Crippen LogP contribution in [-0.2, 0) is 9.53 Å². The minimum Gasteiger partial charge on any atom is -0.454 e. The molecule has 160 valence electrons. The molecule has 0 saturated carbocycles. The van der Waals surface area contributed by atoms with Crippen LogP contribution in [0.25, 0.3) is 11.0 Å². The van der Waals surface area contributed by atoms with Gasteiger partial charge in [-0.25, -0.2) is 14.8 Å². The summed E-state index contributed by atoms with van der Waals surface area (Å²) in [7, 11) is 3.57. The largest absolute Gasteiger partial charge is 0.454 e. The first kappa shape index (κ1) is 21.0. The molecule has 0 saturated heterocycles. The summed E-state index contributed by atoms with van der Waals surface area (Å²) in [6.07, 6.45) is 0. The van der Waals surface area contributed by atoms with Gasteiger partial charge in [0.2, 0.25) is 5.78 Å². The number of benzene rings is 2. The molecule has 0 radical (unpaired) electrons. The van der Waals surface area contributed by atoms with Crippen LogP contribution in [0.2, 0.25) is 0 Å². The van der Waals surface area contributed by atoms with Crippen molar-refractivity contribution in [2.75, 3.05) is 30.5 Å². The van der Waals surface area contributed by atoms with Crippen molar-refractivity contribution in [2.45, 2.75) is 13.8 Å². The van der Waals surface area contributed by atoms with Crippen molar-refractivity contribution in [1.29, 1.82) is 5.26 Å². The van der Waals surface area contributed by atoms with Gasteiger partial charge in [-0.1, -0.05) is 12.1 Å². The zero-order chi connectivity index (χ0) is 23.0. The van der Waals surface area contributed by atoms with Crippen LogP contribution in [0.4, 0.5) is 11.4 Å². The van der Waals surface area contributed by atoms with Crippen LogP contribution < -0.4 is 9.80 Å². The normalized spacial score (nSPS) is 12.5. The van der Waals surface area contributed by atoms with Gasteiger partial charge in [0.15, 0.2) is 6.61 Å². The van der Waals surface area contributed by atoms with Gasteiger partial charge in [0.25, 0.3) is 0 Å². The molecule has 8 heteroatoms. The smallest absolute Gasteiger partial charge is 0.338 e. The molecule has 0 N–H and O–H groups in total. The Hall–Kier alpha value is -4.25. The zero-order valence-corrected chi connectivity index (χ0v) is 18.2. The number of aromatic nitrogens is 2. The molecule has 0 atom stereocenters. The average molecular weight is 427 g/mol. The van der Waals surface area contributed by atoms with E-state index in [0.717, 1.165) is 22.8 Å². The predicted octanol–water partition coefficient (Wildman–Crippen LogP) is 3.29. The number of ketones is 1. The van der Waals surface area contributed by atoms with E-state index in [1.54, 1.807) is 42.1 Å². The molecule has 1 aliphatic rings. The van der Waals surface area contributed by atoms with E-state index in [-0.39, 0.29) is 11.1 Å². The van der Waals surface area contributed by atoms with E-state index in [1.165, 1.54) is 0 Å². The molecule has 3 aromatic rings. The number of para-hydroxylation sites is 2. The highest BCUT2D eigenvalue weighted by molar-refractivity contribution is 6.04.